The van der Waals surface area contributed by atoms with E-state index in [4.69, 9.17) is 16.0 Å². The van der Waals surface area contributed by atoms with Gasteiger partial charge >= 0.3 is 6.03 Å². The van der Waals surface area contributed by atoms with Crippen molar-refractivity contribution in [1.29, 1.82) is 0 Å². The Bertz CT molecular complexity index is 976. The number of halogens is 2. The molecule has 0 aliphatic carbocycles. The average molecular weight is 401 g/mol. The van der Waals surface area contributed by atoms with Gasteiger partial charge in [0.2, 0.25) is 11.8 Å². The van der Waals surface area contributed by atoms with E-state index in [9.17, 15) is 9.18 Å². The van der Waals surface area contributed by atoms with E-state index in [1.807, 2.05) is 0 Å². The molecule has 0 radical (unpaired) electrons. The molecular formula is C20H18ClFN4O2. The minimum Gasteiger partial charge on any atom is -0.420 e. The van der Waals surface area contributed by atoms with Crippen LogP contribution in [0.5, 0.6) is 0 Å². The van der Waals surface area contributed by atoms with Crippen molar-refractivity contribution in [3.8, 4) is 11.5 Å². The Morgan fingerprint density at radius 3 is 2.82 bits per heavy atom. The summed E-state index contributed by atoms with van der Waals surface area (Å²) in [5.41, 5.74) is 1.31. The molecule has 0 bridgehead atoms. The molecule has 8 heteroatoms. The number of likely N-dealkylation sites (tertiary alicyclic amines) is 1. The van der Waals surface area contributed by atoms with Gasteiger partial charge in [0.25, 0.3) is 0 Å². The van der Waals surface area contributed by atoms with Crippen molar-refractivity contribution >= 4 is 23.3 Å². The second kappa shape index (κ2) is 7.98. The predicted molar refractivity (Wildman–Crippen MR) is 104 cm³/mol. The molecule has 6 nitrogen and oxygen atoms in total. The molecule has 4 rings (SSSR count). The molecular weight excluding hydrogens is 383 g/mol. The molecule has 144 valence electrons. The summed E-state index contributed by atoms with van der Waals surface area (Å²) in [6, 6.07) is 12.7. The van der Waals surface area contributed by atoms with Gasteiger partial charge in [-0.15, -0.1) is 10.2 Å². The Labute approximate surface area is 166 Å². The number of anilines is 1. The van der Waals surface area contributed by atoms with E-state index in [1.165, 1.54) is 12.1 Å². The fourth-order valence-electron chi connectivity index (χ4n) is 3.24. The van der Waals surface area contributed by atoms with Crippen molar-refractivity contribution in [2.45, 2.75) is 18.8 Å². The lowest BCUT2D eigenvalue weighted by atomic mass is 9.98. The summed E-state index contributed by atoms with van der Waals surface area (Å²) in [5.74, 6) is 0.466. The zero-order valence-electron chi connectivity index (χ0n) is 14.9. The standard InChI is InChI=1S/C20H18ClFN4O2/c21-15-4-1-5-17(11-15)23-20(27)26-10-2-3-14(12-26)19-25-24-18(28-19)13-6-8-16(22)9-7-13/h1,4-9,11,14H,2-3,10,12H2,(H,23,27). The van der Waals surface area contributed by atoms with Gasteiger partial charge in [-0.1, -0.05) is 17.7 Å². The van der Waals surface area contributed by atoms with Gasteiger partial charge in [-0.2, -0.15) is 0 Å². The number of amides is 2. The summed E-state index contributed by atoms with van der Waals surface area (Å²) in [6.07, 6.45) is 1.69. The summed E-state index contributed by atoms with van der Waals surface area (Å²) in [5, 5.41) is 11.6. The maximum atomic E-state index is 13.1. The molecule has 1 aliphatic heterocycles. The summed E-state index contributed by atoms with van der Waals surface area (Å²) in [4.78, 5) is 14.3. The van der Waals surface area contributed by atoms with Crippen LogP contribution in [-0.2, 0) is 0 Å². The maximum absolute atomic E-state index is 13.1. The van der Waals surface area contributed by atoms with Gasteiger partial charge in [0.05, 0.1) is 5.92 Å². The van der Waals surface area contributed by atoms with Gasteiger partial charge in [-0.05, 0) is 55.3 Å². The average Bonchev–Trinajstić information content (AvgIpc) is 3.19. The highest BCUT2D eigenvalue weighted by Crippen LogP contribution is 2.29. The van der Waals surface area contributed by atoms with E-state index in [1.54, 1.807) is 41.3 Å². The SMILES string of the molecule is O=C(Nc1cccc(Cl)c1)N1CCCC(c2nnc(-c3ccc(F)cc3)o2)C1. The van der Waals surface area contributed by atoms with Crippen LogP contribution in [0.25, 0.3) is 11.5 Å². The van der Waals surface area contributed by atoms with Gasteiger partial charge in [-0.3, -0.25) is 0 Å². The van der Waals surface area contributed by atoms with Gasteiger partial charge < -0.3 is 14.6 Å². The number of urea groups is 1. The number of rotatable bonds is 3. The summed E-state index contributed by atoms with van der Waals surface area (Å²) >= 11 is 5.97. The highest BCUT2D eigenvalue weighted by Gasteiger charge is 2.28. The number of aromatic nitrogens is 2. The number of benzene rings is 2. The largest absolute Gasteiger partial charge is 0.420 e. The van der Waals surface area contributed by atoms with Crippen LogP contribution in [0.15, 0.2) is 52.9 Å². The first-order chi connectivity index (χ1) is 13.6. The molecule has 1 saturated heterocycles. The number of hydrogen-bond acceptors (Lipinski definition) is 4. The van der Waals surface area contributed by atoms with Crippen LogP contribution >= 0.6 is 11.6 Å². The smallest absolute Gasteiger partial charge is 0.321 e. The predicted octanol–water partition coefficient (Wildman–Crippen LogP) is 4.94. The van der Waals surface area contributed by atoms with Crippen LogP contribution in [0.4, 0.5) is 14.9 Å². The third-order valence-corrected chi connectivity index (χ3v) is 4.90. The first-order valence-electron chi connectivity index (χ1n) is 8.99. The lowest BCUT2D eigenvalue weighted by molar-refractivity contribution is 0.187. The molecule has 0 saturated carbocycles. The van der Waals surface area contributed by atoms with Crippen LogP contribution in [0.3, 0.4) is 0 Å². The van der Waals surface area contributed by atoms with Crippen molar-refractivity contribution in [1.82, 2.24) is 15.1 Å². The third kappa shape index (κ3) is 4.14. The molecule has 3 aromatic rings. The Morgan fingerprint density at radius 1 is 1.21 bits per heavy atom. The Hall–Kier alpha value is -2.93. The van der Waals surface area contributed by atoms with Crippen molar-refractivity contribution in [2.75, 3.05) is 18.4 Å². The molecule has 2 amide bonds. The zero-order valence-corrected chi connectivity index (χ0v) is 15.7. The highest BCUT2D eigenvalue weighted by molar-refractivity contribution is 6.30. The molecule has 1 unspecified atom stereocenters. The number of piperidine rings is 1. The minimum atomic E-state index is -0.322. The second-order valence-corrected chi connectivity index (χ2v) is 7.11. The fourth-order valence-corrected chi connectivity index (χ4v) is 3.43. The van der Waals surface area contributed by atoms with Crippen LogP contribution < -0.4 is 5.32 Å². The number of nitrogens with zero attached hydrogens (tertiary/aromatic N) is 3. The Morgan fingerprint density at radius 2 is 2.04 bits per heavy atom. The topological polar surface area (TPSA) is 71.3 Å². The summed E-state index contributed by atoms with van der Waals surface area (Å²) < 4.78 is 18.9. The minimum absolute atomic E-state index is 0.0411. The molecule has 2 heterocycles. The molecule has 1 N–H and O–H groups in total. The molecule has 1 aliphatic rings. The van der Waals surface area contributed by atoms with Gasteiger partial charge in [-0.25, -0.2) is 9.18 Å². The quantitative estimate of drug-likeness (QED) is 0.675. The third-order valence-electron chi connectivity index (χ3n) is 4.67. The number of carbonyl (C=O) groups excluding carboxylic acids is 1. The van der Waals surface area contributed by atoms with E-state index in [0.717, 1.165) is 12.8 Å². The molecule has 1 atom stereocenters. The molecule has 2 aromatic carbocycles. The van der Waals surface area contributed by atoms with Crippen LogP contribution in [0.1, 0.15) is 24.7 Å². The number of carbonyl (C=O) groups is 1. The summed E-state index contributed by atoms with van der Waals surface area (Å²) in [7, 11) is 0. The van der Waals surface area contributed by atoms with E-state index in [0.29, 0.717) is 41.1 Å². The fraction of sp³-hybridized carbons (Fsp3) is 0.250. The maximum Gasteiger partial charge on any atom is 0.321 e. The number of nitrogens with one attached hydrogen (secondary N) is 1. The molecule has 28 heavy (non-hydrogen) atoms. The van der Waals surface area contributed by atoms with E-state index in [2.05, 4.69) is 15.5 Å². The molecule has 1 fully saturated rings. The van der Waals surface area contributed by atoms with Crippen LogP contribution in [-0.4, -0.2) is 34.2 Å². The van der Waals surface area contributed by atoms with Crippen LogP contribution in [0.2, 0.25) is 5.02 Å². The summed E-state index contributed by atoms with van der Waals surface area (Å²) in [6.45, 7) is 1.14. The van der Waals surface area contributed by atoms with Crippen molar-refractivity contribution in [3.05, 3.63) is 65.3 Å². The van der Waals surface area contributed by atoms with Gasteiger partial charge in [0, 0.05) is 29.4 Å². The van der Waals surface area contributed by atoms with E-state index in [-0.39, 0.29) is 17.8 Å². The van der Waals surface area contributed by atoms with Crippen molar-refractivity contribution in [3.63, 3.8) is 0 Å². The Kier molecular flexibility index (Phi) is 5.25. The van der Waals surface area contributed by atoms with Crippen molar-refractivity contribution < 1.29 is 13.6 Å². The monoisotopic (exact) mass is 400 g/mol. The Balaban J connectivity index is 1.43. The first-order valence-corrected chi connectivity index (χ1v) is 9.37. The van der Waals surface area contributed by atoms with Gasteiger partial charge in [0.15, 0.2) is 0 Å². The van der Waals surface area contributed by atoms with Crippen LogP contribution in [0, 0.1) is 5.82 Å². The van der Waals surface area contributed by atoms with E-state index >= 15 is 0 Å². The van der Waals surface area contributed by atoms with Gasteiger partial charge in [0.1, 0.15) is 5.82 Å². The van der Waals surface area contributed by atoms with E-state index < -0.39 is 0 Å². The zero-order chi connectivity index (χ0) is 19.5. The molecule has 1 aromatic heterocycles. The molecule has 0 spiro atoms. The lowest BCUT2D eigenvalue weighted by Gasteiger charge is -2.31. The highest BCUT2D eigenvalue weighted by atomic mass is 35.5. The second-order valence-electron chi connectivity index (χ2n) is 6.68. The van der Waals surface area contributed by atoms with Crippen molar-refractivity contribution in [2.24, 2.45) is 0 Å². The lowest BCUT2D eigenvalue weighted by Crippen LogP contribution is -2.41. The normalized spacial score (nSPS) is 16.8. The first kappa shape index (κ1) is 18.4. The number of hydrogen-bond donors (Lipinski definition) is 1.